The van der Waals surface area contributed by atoms with E-state index in [1.165, 1.54) is 12.7 Å². The average molecular weight is 850 g/mol. The summed E-state index contributed by atoms with van der Waals surface area (Å²) in [5, 5.41) is 1.86. The smallest absolute Gasteiger partial charge is 0.503 e. The minimum absolute atomic E-state index is 0. The van der Waals surface area contributed by atoms with Crippen molar-refractivity contribution >= 4 is 21.8 Å². The summed E-state index contributed by atoms with van der Waals surface area (Å²) in [5.74, 6) is 2.54. The molecule has 8 rings (SSSR count). The van der Waals surface area contributed by atoms with Crippen LogP contribution < -0.4 is 9.47 Å². The molecule has 0 aliphatic carbocycles. The van der Waals surface area contributed by atoms with Crippen LogP contribution in [0.15, 0.2) is 97.6 Å². The van der Waals surface area contributed by atoms with E-state index in [0.717, 1.165) is 55.8 Å². The van der Waals surface area contributed by atoms with E-state index in [1.54, 1.807) is 0 Å². The minimum atomic E-state index is 0. The van der Waals surface area contributed by atoms with Gasteiger partial charge in [0.25, 0.3) is 0 Å². The number of hydrogen-bond acceptors (Lipinski definition) is 7. The Morgan fingerprint density at radius 3 is 1.43 bits per heavy atom. The van der Waals surface area contributed by atoms with E-state index in [9.17, 15) is 0 Å². The first-order chi connectivity index (χ1) is 23.9. The summed E-state index contributed by atoms with van der Waals surface area (Å²) in [4.78, 5) is 22.3. The molecule has 8 nitrogen and oxygen atoms in total. The summed E-state index contributed by atoms with van der Waals surface area (Å²) in [7, 11) is 0. The van der Waals surface area contributed by atoms with Crippen molar-refractivity contribution in [3.8, 4) is 51.5 Å². The maximum Gasteiger partial charge on any atom is 2.00 e. The Kier molecular flexibility index (Phi) is 10.5. The molecule has 4 heterocycles. The van der Waals surface area contributed by atoms with Gasteiger partial charge in [-0.05, 0) is 51.2 Å². The average Bonchev–Trinajstić information content (AvgIpc) is 3.41. The molecule has 0 amide bonds. The van der Waals surface area contributed by atoms with Crippen LogP contribution in [0.1, 0.15) is 22.5 Å². The molecule has 0 radical (unpaired) electrons. The molecule has 0 aliphatic rings. The molecular formula is C41H28N6O2Pd2. The second kappa shape index (κ2) is 15.0. The fourth-order valence-electron chi connectivity index (χ4n) is 6.00. The van der Waals surface area contributed by atoms with E-state index in [2.05, 4.69) is 63.0 Å². The molecule has 0 spiro atoms. The Morgan fingerprint density at radius 1 is 0.529 bits per heavy atom. The zero-order chi connectivity index (χ0) is 33.5. The number of rotatable bonds is 7. The van der Waals surface area contributed by atoms with Crippen molar-refractivity contribution in [2.75, 3.05) is 0 Å². The SMILES string of the molecule is Cc1cc(C)nc(-c2[c-]c(Oc3[c-]c4c(cc3)c3ccc(Oc5[c-]c(-c6cc(C)cc(C)n6)ccc5)[c-]c3n4-c3ncncn3)ccc2)c1.[Pd+2].[Pd+2]. The molecule has 4 aromatic heterocycles. The predicted molar refractivity (Wildman–Crippen MR) is 188 cm³/mol. The van der Waals surface area contributed by atoms with Gasteiger partial charge in [-0.2, -0.15) is 22.9 Å². The van der Waals surface area contributed by atoms with Crippen molar-refractivity contribution in [3.05, 3.63) is 144 Å². The van der Waals surface area contributed by atoms with Crippen LogP contribution in [0.2, 0.25) is 0 Å². The van der Waals surface area contributed by atoms with Gasteiger partial charge < -0.3 is 24.0 Å². The van der Waals surface area contributed by atoms with Gasteiger partial charge in [0, 0.05) is 34.4 Å². The Bertz CT molecular complexity index is 2330. The fourth-order valence-corrected chi connectivity index (χ4v) is 6.00. The second-order valence-electron chi connectivity index (χ2n) is 11.8. The predicted octanol–water partition coefficient (Wildman–Crippen LogP) is 9.11. The zero-order valence-electron chi connectivity index (χ0n) is 27.9. The van der Waals surface area contributed by atoms with Crippen LogP contribution in [0.25, 0.3) is 50.3 Å². The Hall–Kier alpha value is -5.09. The Labute approximate surface area is 323 Å². The number of hydrogen-bond donors (Lipinski definition) is 0. The Morgan fingerprint density at radius 2 is 0.980 bits per heavy atom. The van der Waals surface area contributed by atoms with E-state index in [-0.39, 0.29) is 40.8 Å². The normalized spacial score (nSPS) is 10.8. The number of aryl methyl sites for hydroxylation is 4. The van der Waals surface area contributed by atoms with Crippen LogP contribution in [0.5, 0.6) is 23.0 Å². The van der Waals surface area contributed by atoms with E-state index in [0.29, 0.717) is 40.0 Å². The van der Waals surface area contributed by atoms with Crippen LogP contribution in [0.3, 0.4) is 0 Å². The molecule has 0 saturated heterocycles. The maximum absolute atomic E-state index is 6.31. The summed E-state index contributed by atoms with van der Waals surface area (Å²) in [6, 6.07) is 41.1. The molecule has 0 fully saturated rings. The summed E-state index contributed by atoms with van der Waals surface area (Å²) >= 11 is 0. The molecule has 254 valence electrons. The van der Waals surface area contributed by atoms with Crippen molar-refractivity contribution in [1.29, 1.82) is 0 Å². The second-order valence-corrected chi connectivity index (χ2v) is 11.8. The van der Waals surface area contributed by atoms with Gasteiger partial charge in [0.15, 0.2) is 0 Å². The number of ether oxygens (including phenoxy) is 2. The van der Waals surface area contributed by atoms with E-state index in [4.69, 9.17) is 9.47 Å². The fraction of sp³-hybridized carbons (Fsp3) is 0.0976. The van der Waals surface area contributed by atoms with Crippen LogP contribution in [-0.4, -0.2) is 29.5 Å². The maximum atomic E-state index is 6.31. The number of pyridine rings is 2. The van der Waals surface area contributed by atoms with Gasteiger partial charge in [-0.3, -0.25) is 0 Å². The zero-order valence-corrected chi connectivity index (χ0v) is 31.0. The molecule has 8 aromatic rings. The van der Waals surface area contributed by atoms with Crippen LogP contribution in [-0.2, 0) is 40.8 Å². The summed E-state index contributed by atoms with van der Waals surface area (Å²) in [6.45, 7) is 8.09. The van der Waals surface area contributed by atoms with Crippen molar-refractivity contribution in [2.24, 2.45) is 0 Å². The van der Waals surface area contributed by atoms with Gasteiger partial charge in [-0.25, -0.2) is 15.0 Å². The van der Waals surface area contributed by atoms with Crippen LogP contribution in [0.4, 0.5) is 0 Å². The van der Waals surface area contributed by atoms with E-state index in [1.807, 2.05) is 103 Å². The molecule has 0 unspecified atom stereocenters. The molecule has 51 heavy (non-hydrogen) atoms. The molecule has 0 saturated carbocycles. The first-order valence-electron chi connectivity index (χ1n) is 15.7. The van der Waals surface area contributed by atoms with Crippen molar-refractivity contribution in [2.45, 2.75) is 27.7 Å². The topological polar surface area (TPSA) is 87.8 Å². The van der Waals surface area contributed by atoms with Crippen molar-refractivity contribution in [1.82, 2.24) is 29.5 Å². The van der Waals surface area contributed by atoms with Gasteiger partial charge in [-0.15, -0.1) is 71.8 Å². The van der Waals surface area contributed by atoms with Crippen LogP contribution >= 0.6 is 0 Å². The number of benzene rings is 4. The molecule has 0 N–H and O–H groups in total. The number of fused-ring (bicyclic) bond motifs is 3. The molecule has 0 bridgehead atoms. The molecule has 10 heteroatoms. The van der Waals surface area contributed by atoms with E-state index < -0.39 is 0 Å². The number of nitrogens with zero attached hydrogens (tertiary/aromatic N) is 6. The summed E-state index contributed by atoms with van der Waals surface area (Å²) in [5.41, 5.74) is 8.99. The largest absolute Gasteiger partial charge is 2.00 e. The summed E-state index contributed by atoms with van der Waals surface area (Å²) < 4.78 is 14.5. The quantitative estimate of drug-likeness (QED) is 0.117. The molecular weight excluding hydrogens is 821 g/mol. The first-order valence-corrected chi connectivity index (χ1v) is 15.7. The minimum Gasteiger partial charge on any atom is -0.503 e. The Balaban J connectivity index is 0.00000224. The van der Waals surface area contributed by atoms with Gasteiger partial charge in [0.1, 0.15) is 12.7 Å². The summed E-state index contributed by atoms with van der Waals surface area (Å²) in [6.07, 6.45) is 2.92. The van der Waals surface area contributed by atoms with Gasteiger partial charge in [-0.1, -0.05) is 46.4 Å². The molecule has 0 atom stereocenters. The number of aromatic nitrogens is 6. The van der Waals surface area contributed by atoms with Gasteiger partial charge in [0.2, 0.25) is 5.95 Å². The first kappa shape index (κ1) is 35.7. The monoisotopic (exact) mass is 848 g/mol. The molecule has 0 aliphatic heterocycles. The van der Waals surface area contributed by atoms with Gasteiger partial charge in [0.05, 0.1) is 0 Å². The van der Waals surface area contributed by atoms with Crippen LogP contribution in [0, 0.1) is 52.0 Å². The van der Waals surface area contributed by atoms with Gasteiger partial charge >= 0.3 is 40.8 Å². The van der Waals surface area contributed by atoms with E-state index >= 15 is 0 Å². The third-order valence-corrected chi connectivity index (χ3v) is 7.94. The third-order valence-electron chi connectivity index (χ3n) is 7.94. The van der Waals surface area contributed by atoms with Crippen molar-refractivity contribution in [3.63, 3.8) is 0 Å². The third kappa shape index (κ3) is 7.51. The van der Waals surface area contributed by atoms with Crippen molar-refractivity contribution < 1.29 is 50.3 Å². The standard InChI is InChI=1S/C41H28N6O2.2Pd/c1-25-15-27(3)45-37(17-25)29-7-5-9-31(19-29)48-33-11-13-35-36-14-12-34(22-40(36)47(39(35)21-33)41-43-23-42-24-44-41)49-32-10-6-8-30(20-32)38-18-26(2)16-28(4)46-38;;/h5-18,23-24H,1-4H3;;/q-4;2*+2. The molecule has 4 aromatic carbocycles.